The van der Waals surface area contributed by atoms with Gasteiger partial charge in [-0.25, -0.2) is 0 Å². The smallest absolute Gasteiger partial charge is 0.320 e. The summed E-state index contributed by atoms with van der Waals surface area (Å²) in [4.78, 5) is 10.6. The molecule has 0 spiro atoms. The molecule has 0 amide bonds. The van der Waals surface area contributed by atoms with Crippen LogP contribution in [0.25, 0.3) is 0 Å². The second kappa shape index (κ2) is 7.14. The van der Waals surface area contributed by atoms with Crippen molar-refractivity contribution < 1.29 is 9.90 Å². The molecular formula is C8H18N4O2. The molecule has 0 aromatic rings. The number of aliphatic carboxylic acids is 1. The number of guanidine groups is 1. The van der Waals surface area contributed by atoms with E-state index in [4.69, 9.17) is 16.2 Å². The molecule has 6 heteroatoms. The molecule has 0 aliphatic rings. The molecule has 0 aromatic heterocycles. The fourth-order valence-electron chi connectivity index (χ4n) is 1.09. The van der Waals surface area contributed by atoms with Gasteiger partial charge in [0.05, 0.1) is 0 Å². The molecule has 0 aliphatic heterocycles. The van der Waals surface area contributed by atoms with Crippen LogP contribution in [-0.4, -0.2) is 36.7 Å². The number of nitrogens with one attached hydrogen (secondary N) is 3. The Balaban J connectivity index is 3.42. The summed E-state index contributed by atoms with van der Waals surface area (Å²) < 4.78 is 0. The van der Waals surface area contributed by atoms with E-state index in [2.05, 4.69) is 10.6 Å². The van der Waals surface area contributed by atoms with E-state index in [1.165, 1.54) is 0 Å². The lowest BCUT2D eigenvalue weighted by molar-refractivity contribution is -0.139. The zero-order valence-electron chi connectivity index (χ0n) is 8.34. The Hall–Kier alpha value is -1.30. The molecule has 0 aliphatic carbocycles. The summed E-state index contributed by atoms with van der Waals surface area (Å²) in [7, 11) is 1.63. The number of likely N-dealkylation sites (N-methyl/N-ethyl adjacent to an activating group) is 1. The molecule has 0 saturated heterocycles. The van der Waals surface area contributed by atoms with Crippen LogP contribution in [0.2, 0.25) is 0 Å². The molecule has 0 saturated carbocycles. The van der Waals surface area contributed by atoms with Gasteiger partial charge in [-0.2, -0.15) is 0 Å². The Morgan fingerprint density at radius 2 is 2.21 bits per heavy atom. The van der Waals surface area contributed by atoms with Crippen molar-refractivity contribution in [3.63, 3.8) is 0 Å². The molecule has 0 radical (unpaired) electrons. The molecule has 6 nitrogen and oxygen atoms in total. The van der Waals surface area contributed by atoms with E-state index in [0.29, 0.717) is 13.0 Å². The Bertz CT molecular complexity index is 196. The number of hydrogen-bond donors (Lipinski definition) is 5. The minimum atomic E-state index is -0.827. The predicted octanol–water partition coefficient (Wildman–Crippen LogP) is -0.688. The summed E-state index contributed by atoms with van der Waals surface area (Å²) in [6.07, 6.45) is 2.19. The van der Waals surface area contributed by atoms with Crippen LogP contribution < -0.4 is 16.4 Å². The van der Waals surface area contributed by atoms with E-state index in [1.54, 1.807) is 7.05 Å². The number of carbonyl (C=O) groups is 1. The molecule has 0 heterocycles. The maximum Gasteiger partial charge on any atom is 0.320 e. The van der Waals surface area contributed by atoms with Crippen LogP contribution in [0.4, 0.5) is 0 Å². The van der Waals surface area contributed by atoms with Gasteiger partial charge in [0, 0.05) is 6.54 Å². The van der Waals surface area contributed by atoms with Crippen LogP contribution in [0.15, 0.2) is 0 Å². The lowest BCUT2D eigenvalue weighted by atomic mass is 10.1. The lowest BCUT2D eigenvalue weighted by Gasteiger charge is -2.10. The van der Waals surface area contributed by atoms with Gasteiger partial charge < -0.3 is 21.5 Å². The maximum absolute atomic E-state index is 10.6. The van der Waals surface area contributed by atoms with Crippen molar-refractivity contribution in [1.29, 1.82) is 5.41 Å². The highest BCUT2D eigenvalue weighted by Gasteiger charge is 2.13. The lowest BCUT2D eigenvalue weighted by Crippen LogP contribution is -2.34. The van der Waals surface area contributed by atoms with Crippen LogP contribution in [0.5, 0.6) is 0 Å². The number of unbranched alkanes of at least 4 members (excludes halogenated alkanes) is 1. The van der Waals surface area contributed by atoms with Gasteiger partial charge in [-0.15, -0.1) is 0 Å². The zero-order chi connectivity index (χ0) is 11.0. The number of rotatable bonds is 7. The third-order valence-corrected chi connectivity index (χ3v) is 1.88. The average molecular weight is 202 g/mol. The highest BCUT2D eigenvalue weighted by molar-refractivity contribution is 5.74. The van der Waals surface area contributed by atoms with E-state index in [9.17, 15) is 4.79 Å². The fraction of sp³-hybridized carbons (Fsp3) is 0.750. The van der Waals surface area contributed by atoms with Crippen molar-refractivity contribution in [1.82, 2.24) is 10.6 Å². The molecular weight excluding hydrogens is 184 g/mol. The quantitative estimate of drug-likeness (QED) is 0.213. The first-order chi connectivity index (χ1) is 6.57. The van der Waals surface area contributed by atoms with Gasteiger partial charge in [0.15, 0.2) is 5.96 Å². The minimum absolute atomic E-state index is 0.0478. The molecule has 14 heavy (non-hydrogen) atoms. The second-order valence-electron chi connectivity index (χ2n) is 3.02. The third-order valence-electron chi connectivity index (χ3n) is 1.88. The van der Waals surface area contributed by atoms with Gasteiger partial charge in [-0.3, -0.25) is 10.2 Å². The van der Waals surface area contributed by atoms with Crippen LogP contribution in [0, 0.1) is 5.41 Å². The largest absolute Gasteiger partial charge is 0.480 e. The molecule has 82 valence electrons. The van der Waals surface area contributed by atoms with Gasteiger partial charge in [-0.05, 0) is 26.3 Å². The van der Waals surface area contributed by atoms with Crippen molar-refractivity contribution in [2.75, 3.05) is 13.6 Å². The standard InChI is InChI=1S/C8H18N4O2/c1-11-6(7(13)14)4-2-3-5-12-8(9)10/h6,11H,2-5H2,1H3,(H,13,14)(H4,9,10,12)/t6-/m1/s1. The van der Waals surface area contributed by atoms with E-state index in [-0.39, 0.29) is 5.96 Å². The molecule has 0 aromatic carbocycles. The van der Waals surface area contributed by atoms with E-state index >= 15 is 0 Å². The van der Waals surface area contributed by atoms with Gasteiger partial charge in [-0.1, -0.05) is 0 Å². The van der Waals surface area contributed by atoms with Crippen LogP contribution >= 0.6 is 0 Å². The molecule has 0 fully saturated rings. The summed E-state index contributed by atoms with van der Waals surface area (Å²) in [5, 5.41) is 20.9. The first kappa shape index (κ1) is 12.7. The summed E-state index contributed by atoms with van der Waals surface area (Å²) in [5.74, 6) is -0.875. The van der Waals surface area contributed by atoms with Crippen molar-refractivity contribution in [3.8, 4) is 0 Å². The van der Waals surface area contributed by atoms with Crippen LogP contribution in [0.1, 0.15) is 19.3 Å². The Kier molecular flexibility index (Phi) is 6.47. The summed E-state index contributed by atoms with van der Waals surface area (Å²) in [6.45, 7) is 0.616. The molecule has 6 N–H and O–H groups in total. The van der Waals surface area contributed by atoms with Crippen molar-refractivity contribution in [2.45, 2.75) is 25.3 Å². The minimum Gasteiger partial charge on any atom is -0.480 e. The summed E-state index contributed by atoms with van der Waals surface area (Å²) in [5.41, 5.74) is 5.07. The van der Waals surface area contributed by atoms with Crippen molar-refractivity contribution in [2.24, 2.45) is 5.73 Å². The van der Waals surface area contributed by atoms with E-state index < -0.39 is 12.0 Å². The van der Waals surface area contributed by atoms with Gasteiger partial charge in [0.2, 0.25) is 0 Å². The molecule has 0 bridgehead atoms. The van der Waals surface area contributed by atoms with Crippen molar-refractivity contribution >= 4 is 11.9 Å². The first-order valence-electron chi connectivity index (χ1n) is 4.56. The van der Waals surface area contributed by atoms with Gasteiger partial charge >= 0.3 is 5.97 Å². The van der Waals surface area contributed by atoms with E-state index in [1.807, 2.05) is 0 Å². The van der Waals surface area contributed by atoms with Gasteiger partial charge in [0.25, 0.3) is 0 Å². The number of nitrogens with two attached hydrogens (primary N) is 1. The predicted molar refractivity (Wildman–Crippen MR) is 54.3 cm³/mol. The van der Waals surface area contributed by atoms with Crippen molar-refractivity contribution in [3.05, 3.63) is 0 Å². The number of hydrogen-bond acceptors (Lipinski definition) is 3. The number of carboxylic acid groups (broad SMARTS) is 1. The Labute approximate surface area is 83.4 Å². The maximum atomic E-state index is 10.6. The zero-order valence-corrected chi connectivity index (χ0v) is 8.34. The molecule has 1 atom stereocenters. The van der Waals surface area contributed by atoms with E-state index in [0.717, 1.165) is 12.8 Å². The van der Waals surface area contributed by atoms with Crippen LogP contribution in [-0.2, 0) is 4.79 Å². The monoisotopic (exact) mass is 202 g/mol. The van der Waals surface area contributed by atoms with Crippen LogP contribution in [0.3, 0.4) is 0 Å². The molecule has 0 rings (SSSR count). The highest BCUT2D eigenvalue weighted by atomic mass is 16.4. The highest BCUT2D eigenvalue weighted by Crippen LogP contribution is 1.99. The molecule has 0 unspecified atom stereocenters. The Morgan fingerprint density at radius 3 is 2.64 bits per heavy atom. The topological polar surface area (TPSA) is 111 Å². The first-order valence-corrected chi connectivity index (χ1v) is 4.56. The summed E-state index contributed by atoms with van der Waals surface area (Å²) >= 11 is 0. The average Bonchev–Trinajstić information content (AvgIpc) is 2.10. The second-order valence-corrected chi connectivity index (χ2v) is 3.02. The Morgan fingerprint density at radius 1 is 1.57 bits per heavy atom. The third kappa shape index (κ3) is 6.24. The fourth-order valence-corrected chi connectivity index (χ4v) is 1.09. The SMILES string of the molecule is CN[C@H](CCCCNC(=N)N)C(=O)O. The summed E-state index contributed by atoms with van der Waals surface area (Å²) in [6, 6.07) is -0.479. The number of carboxylic acids is 1. The van der Waals surface area contributed by atoms with Gasteiger partial charge in [0.1, 0.15) is 6.04 Å². The normalized spacial score (nSPS) is 12.1.